The van der Waals surface area contributed by atoms with Gasteiger partial charge in [0.25, 0.3) is 6.43 Å². The van der Waals surface area contributed by atoms with Gasteiger partial charge in [0.1, 0.15) is 6.61 Å². The lowest BCUT2D eigenvalue weighted by Crippen LogP contribution is -2.07. The molecule has 110 valence electrons. The maximum Gasteiger partial charge on any atom is 0.261 e. The first-order valence-electron chi connectivity index (χ1n) is 6.34. The smallest absolute Gasteiger partial charge is 0.261 e. The number of hydrogen-bond acceptors (Lipinski definition) is 5. The van der Waals surface area contributed by atoms with Crippen molar-refractivity contribution in [3.63, 3.8) is 0 Å². The predicted molar refractivity (Wildman–Crippen MR) is 68.8 cm³/mol. The SMILES string of the molecule is N#Cc1ccc(Cc2nc(CCOCC(F)F)no2)cc1. The molecule has 0 aliphatic rings. The summed E-state index contributed by atoms with van der Waals surface area (Å²) in [6.45, 7) is -0.462. The van der Waals surface area contributed by atoms with Crippen LogP contribution in [0.4, 0.5) is 8.78 Å². The highest BCUT2D eigenvalue weighted by Crippen LogP contribution is 2.09. The minimum absolute atomic E-state index is 0.125. The number of nitrogens with zero attached hydrogens (tertiary/aromatic N) is 3. The zero-order valence-corrected chi connectivity index (χ0v) is 11.1. The molecule has 0 N–H and O–H groups in total. The molecule has 0 fully saturated rings. The number of aromatic nitrogens is 2. The third kappa shape index (κ3) is 4.93. The van der Waals surface area contributed by atoms with Gasteiger partial charge in [0, 0.05) is 6.42 Å². The lowest BCUT2D eigenvalue weighted by molar-refractivity contribution is 0.0182. The molecule has 7 heteroatoms. The Balaban J connectivity index is 1.83. The summed E-state index contributed by atoms with van der Waals surface area (Å²) in [5.74, 6) is 0.858. The Morgan fingerprint density at radius 1 is 1.29 bits per heavy atom. The van der Waals surface area contributed by atoms with E-state index in [9.17, 15) is 8.78 Å². The van der Waals surface area contributed by atoms with Gasteiger partial charge in [0.2, 0.25) is 5.89 Å². The minimum Gasteiger partial charge on any atom is -0.375 e. The van der Waals surface area contributed by atoms with Crippen molar-refractivity contribution < 1.29 is 18.0 Å². The topological polar surface area (TPSA) is 71.9 Å². The van der Waals surface area contributed by atoms with Crippen molar-refractivity contribution >= 4 is 0 Å². The van der Waals surface area contributed by atoms with Crippen molar-refractivity contribution in [3.05, 3.63) is 47.1 Å². The van der Waals surface area contributed by atoms with Gasteiger partial charge in [-0.15, -0.1) is 0 Å². The highest BCUT2D eigenvalue weighted by molar-refractivity contribution is 5.32. The van der Waals surface area contributed by atoms with E-state index in [-0.39, 0.29) is 6.61 Å². The van der Waals surface area contributed by atoms with Crippen LogP contribution < -0.4 is 0 Å². The van der Waals surface area contributed by atoms with Crippen LogP contribution in [0.2, 0.25) is 0 Å². The van der Waals surface area contributed by atoms with E-state index >= 15 is 0 Å². The molecule has 5 nitrogen and oxygen atoms in total. The maximum absolute atomic E-state index is 11.9. The molecule has 2 aromatic rings. The number of nitriles is 1. The lowest BCUT2D eigenvalue weighted by atomic mass is 10.1. The number of halogens is 2. The zero-order chi connectivity index (χ0) is 15.1. The van der Waals surface area contributed by atoms with Gasteiger partial charge in [-0.3, -0.25) is 0 Å². The normalized spacial score (nSPS) is 10.8. The summed E-state index contributed by atoms with van der Waals surface area (Å²) >= 11 is 0. The highest BCUT2D eigenvalue weighted by atomic mass is 19.3. The molecule has 0 aliphatic carbocycles. The maximum atomic E-state index is 11.9. The molecular weight excluding hydrogens is 280 g/mol. The summed E-state index contributed by atoms with van der Waals surface area (Å²) in [6.07, 6.45) is -1.69. The van der Waals surface area contributed by atoms with E-state index in [4.69, 9.17) is 14.5 Å². The fraction of sp³-hybridized carbons (Fsp3) is 0.357. The molecule has 0 spiro atoms. The second-order valence-corrected chi connectivity index (χ2v) is 4.31. The van der Waals surface area contributed by atoms with Gasteiger partial charge in [-0.2, -0.15) is 10.2 Å². The first kappa shape index (κ1) is 15.1. The van der Waals surface area contributed by atoms with Crippen LogP contribution in [-0.4, -0.2) is 29.8 Å². The van der Waals surface area contributed by atoms with Crippen LogP contribution in [0.3, 0.4) is 0 Å². The molecular formula is C14H13F2N3O2. The molecule has 1 aromatic carbocycles. The fourth-order valence-corrected chi connectivity index (χ4v) is 1.67. The number of ether oxygens (including phenoxy) is 1. The van der Waals surface area contributed by atoms with Crippen molar-refractivity contribution in [3.8, 4) is 6.07 Å². The van der Waals surface area contributed by atoms with E-state index < -0.39 is 13.0 Å². The van der Waals surface area contributed by atoms with Crippen molar-refractivity contribution in [2.75, 3.05) is 13.2 Å². The summed E-state index contributed by atoms with van der Waals surface area (Å²) < 4.78 is 33.6. The van der Waals surface area contributed by atoms with Crippen molar-refractivity contribution in [1.29, 1.82) is 5.26 Å². The fourth-order valence-electron chi connectivity index (χ4n) is 1.67. The summed E-state index contributed by atoms with van der Waals surface area (Å²) in [4.78, 5) is 4.15. The quantitative estimate of drug-likeness (QED) is 0.733. The van der Waals surface area contributed by atoms with Gasteiger partial charge in [-0.1, -0.05) is 17.3 Å². The molecule has 0 amide bonds. The lowest BCUT2D eigenvalue weighted by Gasteiger charge is -1.99. The Morgan fingerprint density at radius 3 is 2.71 bits per heavy atom. The van der Waals surface area contributed by atoms with Crippen LogP contribution in [0.1, 0.15) is 22.8 Å². The van der Waals surface area contributed by atoms with E-state index in [2.05, 4.69) is 10.1 Å². The molecule has 0 saturated heterocycles. The van der Waals surface area contributed by atoms with E-state index in [0.29, 0.717) is 30.1 Å². The van der Waals surface area contributed by atoms with E-state index in [1.165, 1.54) is 0 Å². The Hall–Kier alpha value is -2.33. The van der Waals surface area contributed by atoms with Crippen LogP contribution in [-0.2, 0) is 17.6 Å². The van der Waals surface area contributed by atoms with Gasteiger partial charge in [-0.05, 0) is 17.7 Å². The van der Waals surface area contributed by atoms with Gasteiger partial charge in [0.15, 0.2) is 5.82 Å². The van der Waals surface area contributed by atoms with Crippen LogP contribution in [0.25, 0.3) is 0 Å². The Morgan fingerprint density at radius 2 is 2.05 bits per heavy atom. The number of alkyl halides is 2. The molecule has 0 unspecified atom stereocenters. The number of rotatable bonds is 7. The highest BCUT2D eigenvalue weighted by Gasteiger charge is 2.08. The Kier molecular flexibility index (Phi) is 5.35. The molecule has 0 bridgehead atoms. The molecule has 21 heavy (non-hydrogen) atoms. The van der Waals surface area contributed by atoms with Crippen LogP contribution >= 0.6 is 0 Å². The van der Waals surface area contributed by atoms with Crippen molar-refractivity contribution in [2.45, 2.75) is 19.3 Å². The average Bonchev–Trinajstić information content (AvgIpc) is 2.92. The second kappa shape index (κ2) is 7.45. The van der Waals surface area contributed by atoms with Crippen LogP contribution in [0.15, 0.2) is 28.8 Å². The summed E-state index contributed by atoms with van der Waals surface area (Å²) in [7, 11) is 0. The van der Waals surface area contributed by atoms with E-state index in [0.717, 1.165) is 5.56 Å². The summed E-state index contributed by atoms with van der Waals surface area (Å²) in [6, 6.07) is 9.09. The first-order chi connectivity index (χ1) is 10.2. The third-order valence-electron chi connectivity index (χ3n) is 2.66. The molecule has 1 heterocycles. The largest absolute Gasteiger partial charge is 0.375 e. The Labute approximate surface area is 120 Å². The number of hydrogen-bond donors (Lipinski definition) is 0. The zero-order valence-electron chi connectivity index (χ0n) is 11.1. The van der Waals surface area contributed by atoms with Crippen LogP contribution in [0, 0.1) is 11.3 Å². The standard InChI is InChI=1S/C14H13F2N3O2/c15-12(16)9-20-6-5-13-18-14(21-19-13)7-10-1-3-11(8-17)4-2-10/h1-4,12H,5-7,9H2. The molecule has 0 radical (unpaired) electrons. The van der Waals surface area contributed by atoms with E-state index in [1.54, 1.807) is 12.1 Å². The average molecular weight is 293 g/mol. The van der Waals surface area contributed by atoms with Gasteiger partial charge in [-0.25, -0.2) is 8.78 Å². The number of benzene rings is 1. The van der Waals surface area contributed by atoms with Gasteiger partial charge in [0.05, 0.1) is 24.7 Å². The molecule has 2 rings (SSSR count). The third-order valence-corrected chi connectivity index (χ3v) is 2.66. The predicted octanol–water partition coefficient (Wildman–Crippen LogP) is 2.36. The molecule has 1 aromatic heterocycles. The minimum atomic E-state index is -2.47. The van der Waals surface area contributed by atoms with Crippen molar-refractivity contribution in [2.24, 2.45) is 0 Å². The molecule has 0 atom stereocenters. The summed E-state index contributed by atoms with van der Waals surface area (Å²) in [5, 5.41) is 12.5. The van der Waals surface area contributed by atoms with Gasteiger partial charge < -0.3 is 9.26 Å². The first-order valence-corrected chi connectivity index (χ1v) is 6.34. The van der Waals surface area contributed by atoms with E-state index in [1.807, 2.05) is 18.2 Å². The van der Waals surface area contributed by atoms with Gasteiger partial charge >= 0.3 is 0 Å². The summed E-state index contributed by atoms with van der Waals surface area (Å²) in [5.41, 5.74) is 1.53. The Bertz CT molecular complexity index is 605. The second-order valence-electron chi connectivity index (χ2n) is 4.31. The van der Waals surface area contributed by atoms with Crippen molar-refractivity contribution in [1.82, 2.24) is 10.1 Å². The molecule has 0 aliphatic heterocycles. The molecule has 0 saturated carbocycles. The monoisotopic (exact) mass is 293 g/mol. The van der Waals surface area contributed by atoms with Crippen LogP contribution in [0.5, 0.6) is 0 Å².